The number of ether oxygens (including phenoxy) is 1. The van der Waals surface area contributed by atoms with E-state index in [1.54, 1.807) is 6.20 Å². The van der Waals surface area contributed by atoms with Crippen LogP contribution in [0.5, 0.6) is 11.8 Å². The minimum Gasteiger partial charge on any atom is -0.423 e. The number of benzene rings is 1. The third kappa shape index (κ3) is 3.28. The molecule has 0 atom stereocenters. The molecule has 0 bridgehead atoms. The topological polar surface area (TPSA) is 61.0 Å². The van der Waals surface area contributed by atoms with Crippen LogP contribution in [-0.4, -0.2) is 9.97 Å². The van der Waals surface area contributed by atoms with Gasteiger partial charge >= 0.3 is 6.01 Å². The predicted octanol–water partition coefficient (Wildman–Crippen LogP) is 4.00. The Labute approximate surface area is 125 Å². The van der Waals surface area contributed by atoms with Crippen molar-refractivity contribution in [2.75, 3.05) is 0 Å². The number of nitrogens with zero attached hydrogens (tertiary/aromatic N) is 2. The highest BCUT2D eigenvalue weighted by atomic mass is 35.5. The molecular formula is C12H10Cl3N3O. The second kappa shape index (κ2) is 5.92. The molecule has 0 radical (unpaired) electrons. The van der Waals surface area contributed by atoms with E-state index in [2.05, 4.69) is 9.97 Å². The standard InChI is InChI=1S/C12H10Cl3N3O/c1-6-7(4-16)5-17-12(18-6)19-11-3-9(14)8(13)2-10(11)15/h2-3,5H,4,16H2,1H3. The molecule has 0 spiro atoms. The van der Waals surface area contributed by atoms with E-state index in [-0.39, 0.29) is 6.01 Å². The lowest BCUT2D eigenvalue weighted by Crippen LogP contribution is -2.03. The summed E-state index contributed by atoms with van der Waals surface area (Å²) in [6.45, 7) is 2.20. The van der Waals surface area contributed by atoms with Crippen molar-refractivity contribution in [3.63, 3.8) is 0 Å². The van der Waals surface area contributed by atoms with Crippen molar-refractivity contribution in [2.45, 2.75) is 13.5 Å². The van der Waals surface area contributed by atoms with Gasteiger partial charge in [-0.1, -0.05) is 34.8 Å². The summed E-state index contributed by atoms with van der Waals surface area (Å²) in [7, 11) is 0. The number of aryl methyl sites for hydroxylation is 1. The molecule has 0 amide bonds. The summed E-state index contributed by atoms with van der Waals surface area (Å²) in [5.41, 5.74) is 7.15. The molecule has 1 heterocycles. The van der Waals surface area contributed by atoms with Crippen LogP contribution in [0.1, 0.15) is 11.3 Å². The zero-order valence-electron chi connectivity index (χ0n) is 9.95. The van der Waals surface area contributed by atoms with Gasteiger partial charge in [0.1, 0.15) is 0 Å². The Bertz CT molecular complexity index is 619. The molecule has 4 nitrogen and oxygen atoms in total. The third-order valence-corrected chi connectivity index (χ3v) is 3.47. The number of aromatic nitrogens is 2. The summed E-state index contributed by atoms with van der Waals surface area (Å²) in [5, 5.41) is 1.03. The van der Waals surface area contributed by atoms with Gasteiger partial charge in [-0.15, -0.1) is 0 Å². The first-order chi connectivity index (χ1) is 9.01. The van der Waals surface area contributed by atoms with Gasteiger partial charge in [-0.05, 0) is 13.0 Å². The molecule has 2 N–H and O–H groups in total. The van der Waals surface area contributed by atoms with Gasteiger partial charge in [-0.25, -0.2) is 4.98 Å². The van der Waals surface area contributed by atoms with Crippen LogP contribution in [-0.2, 0) is 6.54 Å². The molecule has 0 saturated heterocycles. The highest BCUT2D eigenvalue weighted by molar-refractivity contribution is 6.43. The van der Waals surface area contributed by atoms with Gasteiger partial charge in [-0.2, -0.15) is 4.98 Å². The van der Waals surface area contributed by atoms with Crippen molar-refractivity contribution in [2.24, 2.45) is 5.73 Å². The average molecular weight is 319 g/mol. The lowest BCUT2D eigenvalue weighted by atomic mass is 10.2. The van der Waals surface area contributed by atoms with Gasteiger partial charge in [0.15, 0.2) is 5.75 Å². The Morgan fingerprint density at radius 1 is 1.16 bits per heavy atom. The van der Waals surface area contributed by atoms with Crippen LogP contribution in [0.2, 0.25) is 15.1 Å². The molecule has 0 unspecified atom stereocenters. The van der Waals surface area contributed by atoms with Crippen LogP contribution in [0.3, 0.4) is 0 Å². The van der Waals surface area contributed by atoms with Crippen LogP contribution in [0.25, 0.3) is 0 Å². The molecular weight excluding hydrogens is 309 g/mol. The molecule has 0 aliphatic rings. The number of halogens is 3. The minimum atomic E-state index is 0.176. The highest BCUT2D eigenvalue weighted by Crippen LogP contribution is 2.35. The van der Waals surface area contributed by atoms with Crippen LogP contribution in [0.4, 0.5) is 0 Å². The molecule has 0 fully saturated rings. The molecule has 0 saturated carbocycles. The maximum Gasteiger partial charge on any atom is 0.322 e. The van der Waals surface area contributed by atoms with Gasteiger partial charge in [-0.3, -0.25) is 0 Å². The quantitative estimate of drug-likeness (QED) is 0.869. The SMILES string of the molecule is Cc1nc(Oc2cc(Cl)c(Cl)cc2Cl)ncc1CN. The summed E-state index contributed by atoms with van der Waals surface area (Å²) in [6.07, 6.45) is 1.61. The first-order valence-electron chi connectivity index (χ1n) is 5.36. The maximum absolute atomic E-state index is 6.01. The predicted molar refractivity (Wildman–Crippen MR) is 76.2 cm³/mol. The van der Waals surface area contributed by atoms with Crippen LogP contribution >= 0.6 is 34.8 Å². The van der Waals surface area contributed by atoms with Crippen molar-refractivity contribution in [3.05, 3.63) is 44.7 Å². The second-order valence-corrected chi connectivity index (χ2v) is 4.99. The lowest BCUT2D eigenvalue weighted by Gasteiger charge is -2.09. The monoisotopic (exact) mass is 317 g/mol. The normalized spacial score (nSPS) is 10.6. The first-order valence-corrected chi connectivity index (χ1v) is 6.49. The highest BCUT2D eigenvalue weighted by Gasteiger charge is 2.10. The van der Waals surface area contributed by atoms with Gasteiger partial charge in [0.25, 0.3) is 0 Å². The van der Waals surface area contributed by atoms with Crippen molar-refractivity contribution >= 4 is 34.8 Å². The number of rotatable bonds is 3. The second-order valence-electron chi connectivity index (χ2n) is 3.77. The van der Waals surface area contributed by atoms with Crippen molar-refractivity contribution in [1.82, 2.24) is 9.97 Å². The fraction of sp³-hybridized carbons (Fsp3) is 0.167. The third-order valence-electron chi connectivity index (χ3n) is 2.45. The zero-order chi connectivity index (χ0) is 14.0. The van der Waals surface area contributed by atoms with Gasteiger partial charge in [0, 0.05) is 30.1 Å². The van der Waals surface area contributed by atoms with Gasteiger partial charge in [0.2, 0.25) is 0 Å². The summed E-state index contributed by atoms with van der Waals surface area (Å²) >= 11 is 17.7. The van der Waals surface area contributed by atoms with Crippen LogP contribution < -0.4 is 10.5 Å². The largest absolute Gasteiger partial charge is 0.423 e. The molecule has 2 aromatic rings. The fourth-order valence-corrected chi connectivity index (χ4v) is 1.98. The zero-order valence-corrected chi connectivity index (χ0v) is 12.2. The Morgan fingerprint density at radius 3 is 2.47 bits per heavy atom. The Balaban J connectivity index is 2.31. The smallest absolute Gasteiger partial charge is 0.322 e. The Kier molecular flexibility index (Phi) is 4.47. The summed E-state index contributed by atoms with van der Waals surface area (Å²) in [6, 6.07) is 3.19. The number of hydrogen-bond acceptors (Lipinski definition) is 4. The molecule has 2 rings (SSSR count). The van der Waals surface area contributed by atoms with Crippen molar-refractivity contribution < 1.29 is 4.74 Å². The first kappa shape index (κ1) is 14.3. The van der Waals surface area contributed by atoms with E-state index in [9.17, 15) is 0 Å². The van der Waals surface area contributed by atoms with Gasteiger partial charge < -0.3 is 10.5 Å². The molecule has 100 valence electrons. The number of nitrogens with two attached hydrogens (primary N) is 1. The van der Waals surface area contributed by atoms with E-state index in [1.807, 2.05) is 6.92 Å². The maximum atomic E-state index is 6.01. The van der Waals surface area contributed by atoms with Crippen molar-refractivity contribution in [3.8, 4) is 11.8 Å². The van der Waals surface area contributed by atoms with Crippen LogP contribution in [0.15, 0.2) is 18.3 Å². The summed E-state index contributed by atoms with van der Waals surface area (Å²) in [5.74, 6) is 0.343. The molecule has 0 aliphatic carbocycles. The van der Waals surface area contributed by atoms with Crippen LogP contribution in [0, 0.1) is 6.92 Å². The van der Waals surface area contributed by atoms with E-state index in [4.69, 9.17) is 45.3 Å². The Morgan fingerprint density at radius 2 is 1.84 bits per heavy atom. The van der Waals surface area contributed by atoms with E-state index in [0.29, 0.717) is 27.4 Å². The van der Waals surface area contributed by atoms with E-state index in [1.165, 1.54) is 12.1 Å². The van der Waals surface area contributed by atoms with Gasteiger partial charge in [0.05, 0.1) is 15.1 Å². The summed E-state index contributed by atoms with van der Waals surface area (Å²) < 4.78 is 5.49. The van der Waals surface area contributed by atoms with E-state index >= 15 is 0 Å². The number of hydrogen-bond donors (Lipinski definition) is 1. The Hall–Kier alpha value is -1.07. The molecule has 7 heteroatoms. The van der Waals surface area contributed by atoms with E-state index < -0.39 is 0 Å². The minimum absolute atomic E-state index is 0.176. The fourth-order valence-electron chi connectivity index (χ4n) is 1.40. The van der Waals surface area contributed by atoms with E-state index in [0.717, 1.165) is 11.3 Å². The summed E-state index contributed by atoms with van der Waals surface area (Å²) in [4.78, 5) is 8.24. The molecule has 0 aliphatic heterocycles. The lowest BCUT2D eigenvalue weighted by molar-refractivity contribution is 0.439. The molecule has 1 aromatic heterocycles. The van der Waals surface area contributed by atoms with Crippen molar-refractivity contribution in [1.29, 1.82) is 0 Å². The molecule has 19 heavy (non-hydrogen) atoms. The average Bonchev–Trinajstić information content (AvgIpc) is 2.36. The molecule has 1 aromatic carbocycles.